The van der Waals surface area contributed by atoms with Crippen molar-refractivity contribution in [3.05, 3.63) is 38.7 Å². The van der Waals surface area contributed by atoms with Crippen LogP contribution in [0.5, 0.6) is 0 Å². The third-order valence-corrected chi connectivity index (χ3v) is 6.34. The zero-order chi connectivity index (χ0) is 17.6. The SMILES string of the molecule is NCCn1c(Cc2cc3c(cc2I)SCC3)nc2c(N)nc(F)nc21. The van der Waals surface area contributed by atoms with E-state index >= 15 is 0 Å². The minimum absolute atomic E-state index is 0.0552. The van der Waals surface area contributed by atoms with Crippen molar-refractivity contribution in [2.45, 2.75) is 24.3 Å². The zero-order valence-electron chi connectivity index (χ0n) is 13.3. The minimum atomic E-state index is -0.848. The van der Waals surface area contributed by atoms with Crippen molar-refractivity contribution in [1.29, 1.82) is 0 Å². The fourth-order valence-corrected chi connectivity index (χ4v) is 5.05. The lowest BCUT2D eigenvalue weighted by Gasteiger charge is -2.10. The van der Waals surface area contributed by atoms with Gasteiger partial charge in [-0.05, 0) is 46.2 Å². The van der Waals surface area contributed by atoms with Crippen molar-refractivity contribution in [2.24, 2.45) is 5.73 Å². The maximum absolute atomic E-state index is 13.6. The highest BCUT2D eigenvalue weighted by atomic mass is 127. The van der Waals surface area contributed by atoms with E-state index in [-0.39, 0.29) is 5.82 Å². The van der Waals surface area contributed by atoms with Crippen molar-refractivity contribution < 1.29 is 4.39 Å². The quantitative estimate of drug-likeness (QED) is 0.449. The molecule has 0 spiro atoms. The van der Waals surface area contributed by atoms with Gasteiger partial charge in [-0.2, -0.15) is 14.4 Å². The molecular formula is C16H16FIN6S. The number of benzene rings is 1. The van der Waals surface area contributed by atoms with Gasteiger partial charge in [0.15, 0.2) is 17.0 Å². The molecule has 1 aliphatic heterocycles. The summed E-state index contributed by atoms with van der Waals surface area (Å²) in [5.74, 6) is 1.96. The largest absolute Gasteiger partial charge is 0.382 e. The van der Waals surface area contributed by atoms with Gasteiger partial charge < -0.3 is 16.0 Å². The second-order valence-corrected chi connectivity index (χ2v) is 8.14. The van der Waals surface area contributed by atoms with E-state index in [0.29, 0.717) is 30.7 Å². The first kappa shape index (κ1) is 17.0. The lowest BCUT2D eigenvalue weighted by molar-refractivity contribution is 0.542. The van der Waals surface area contributed by atoms with Crippen molar-refractivity contribution in [3.8, 4) is 0 Å². The van der Waals surface area contributed by atoms with Gasteiger partial charge in [-0.15, -0.1) is 11.8 Å². The van der Waals surface area contributed by atoms with Gasteiger partial charge >= 0.3 is 6.08 Å². The maximum atomic E-state index is 13.6. The molecule has 4 N–H and O–H groups in total. The monoisotopic (exact) mass is 470 g/mol. The Bertz CT molecular complexity index is 973. The molecule has 0 aliphatic carbocycles. The van der Waals surface area contributed by atoms with E-state index in [2.05, 4.69) is 49.7 Å². The van der Waals surface area contributed by atoms with E-state index in [1.165, 1.54) is 19.6 Å². The number of rotatable bonds is 4. The number of halogens is 2. The van der Waals surface area contributed by atoms with E-state index in [0.717, 1.165) is 18.0 Å². The third kappa shape index (κ3) is 3.08. The summed E-state index contributed by atoms with van der Waals surface area (Å²) in [7, 11) is 0. The molecule has 1 aromatic carbocycles. The van der Waals surface area contributed by atoms with Gasteiger partial charge in [0, 0.05) is 33.7 Å². The lowest BCUT2D eigenvalue weighted by atomic mass is 10.1. The molecule has 1 aliphatic rings. The summed E-state index contributed by atoms with van der Waals surface area (Å²) in [6.07, 6.45) is 0.860. The number of aromatic nitrogens is 4. The fraction of sp³-hybridized carbons (Fsp3) is 0.312. The summed E-state index contributed by atoms with van der Waals surface area (Å²) in [4.78, 5) is 13.4. The van der Waals surface area contributed by atoms with Crippen LogP contribution in [0.25, 0.3) is 11.2 Å². The van der Waals surface area contributed by atoms with E-state index < -0.39 is 6.08 Å². The molecule has 0 saturated carbocycles. The molecule has 130 valence electrons. The molecule has 0 amide bonds. The highest BCUT2D eigenvalue weighted by Gasteiger charge is 2.19. The van der Waals surface area contributed by atoms with Crippen LogP contribution < -0.4 is 11.5 Å². The molecule has 0 unspecified atom stereocenters. The van der Waals surface area contributed by atoms with Gasteiger partial charge in [-0.1, -0.05) is 6.07 Å². The number of fused-ring (bicyclic) bond motifs is 2. The van der Waals surface area contributed by atoms with Gasteiger partial charge in [0.1, 0.15) is 5.82 Å². The molecule has 0 radical (unpaired) electrons. The van der Waals surface area contributed by atoms with Crippen LogP contribution in [0.15, 0.2) is 17.0 Å². The number of nitrogens with zero attached hydrogens (tertiary/aromatic N) is 4. The Morgan fingerprint density at radius 3 is 2.92 bits per heavy atom. The van der Waals surface area contributed by atoms with Gasteiger partial charge in [0.05, 0.1) is 0 Å². The van der Waals surface area contributed by atoms with Crippen LogP contribution in [0.3, 0.4) is 0 Å². The molecule has 2 aromatic heterocycles. The van der Waals surface area contributed by atoms with Gasteiger partial charge in [-0.25, -0.2) is 4.98 Å². The van der Waals surface area contributed by atoms with Crippen LogP contribution >= 0.6 is 34.4 Å². The lowest BCUT2D eigenvalue weighted by Crippen LogP contribution is -2.14. The molecule has 0 bridgehead atoms. The van der Waals surface area contributed by atoms with Crippen molar-refractivity contribution in [3.63, 3.8) is 0 Å². The van der Waals surface area contributed by atoms with Crippen LogP contribution in [0, 0.1) is 9.65 Å². The number of hydrogen-bond acceptors (Lipinski definition) is 6. The van der Waals surface area contributed by atoms with Crippen LogP contribution in [0.1, 0.15) is 17.0 Å². The van der Waals surface area contributed by atoms with Crippen molar-refractivity contribution in [1.82, 2.24) is 19.5 Å². The van der Waals surface area contributed by atoms with Gasteiger partial charge in [0.2, 0.25) is 0 Å². The Hall–Kier alpha value is -1.46. The highest BCUT2D eigenvalue weighted by molar-refractivity contribution is 14.1. The van der Waals surface area contributed by atoms with E-state index in [4.69, 9.17) is 11.5 Å². The molecule has 3 heterocycles. The van der Waals surface area contributed by atoms with Crippen LogP contribution in [-0.4, -0.2) is 31.8 Å². The molecule has 0 fully saturated rings. The second-order valence-electron chi connectivity index (χ2n) is 5.85. The summed E-state index contributed by atoms with van der Waals surface area (Å²) >= 11 is 4.25. The van der Waals surface area contributed by atoms with Gasteiger partial charge in [0.25, 0.3) is 0 Å². The van der Waals surface area contributed by atoms with E-state index in [1.807, 2.05) is 16.3 Å². The normalized spacial score (nSPS) is 13.6. The molecule has 9 heteroatoms. The Kier molecular flexibility index (Phi) is 4.54. The molecule has 25 heavy (non-hydrogen) atoms. The predicted octanol–water partition coefficient (Wildman–Crippen LogP) is 2.35. The first-order valence-electron chi connectivity index (χ1n) is 7.89. The standard InChI is InChI=1S/C16H16FIN6S/c17-16-22-14(20)13-15(23-16)24(3-2-19)12(21-13)6-9-5-8-1-4-25-11(8)7-10(9)18/h5,7H,1-4,6,19H2,(H2,20,22,23). The Morgan fingerprint density at radius 2 is 2.12 bits per heavy atom. The molecule has 0 saturated heterocycles. The summed E-state index contributed by atoms with van der Waals surface area (Å²) in [5.41, 5.74) is 15.0. The van der Waals surface area contributed by atoms with Gasteiger partial charge in [-0.3, -0.25) is 0 Å². The zero-order valence-corrected chi connectivity index (χ0v) is 16.3. The summed E-state index contributed by atoms with van der Waals surface area (Å²) < 4.78 is 16.6. The topological polar surface area (TPSA) is 95.6 Å². The number of nitrogen functional groups attached to an aromatic ring is 1. The first-order valence-corrected chi connectivity index (χ1v) is 9.95. The van der Waals surface area contributed by atoms with Crippen LogP contribution in [0.2, 0.25) is 0 Å². The smallest absolute Gasteiger partial charge is 0.312 e. The minimum Gasteiger partial charge on any atom is -0.382 e. The maximum Gasteiger partial charge on any atom is 0.312 e. The number of thioether (sulfide) groups is 1. The summed E-state index contributed by atoms with van der Waals surface area (Å²) in [6, 6.07) is 4.48. The van der Waals surface area contributed by atoms with Crippen LogP contribution in [-0.2, 0) is 19.4 Å². The summed E-state index contributed by atoms with van der Waals surface area (Å²) in [6.45, 7) is 0.904. The number of hydrogen-bond donors (Lipinski definition) is 2. The number of imidazole rings is 1. The predicted molar refractivity (Wildman–Crippen MR) is 105 cm³/mol. The molecule has 0 atom stereocenters. The van der Waals surface area contributed by atoms with Crippen molar-refractivity contribution in [2.75, 3.05) is 18.0 Å². The number of nitrogens with two attached hydrogens (primary N) is 2. The Morgan fingerprint density at radius 1 is 1.28 bits per heavy atom. The fourth-order valence-electron chi connectivity index (χ4n) is 3.10. The average Bonchev–Trinajstić information content (AvgIpc) is 3.14. The van der Waals surface area contributed by atoms with Crippen molar-refractivity contribution >= 4 is 51.3 Å². The molecule has 4 rings (SSSR count). The number of anilines is 1. The van der Waals surface area contributed by atoms with E-state index in [1.54, 1.807) is 0 Å². The molecule has 3 aromatic rings. The number of aryl methyl sites for hydroxylation is 1. The van der Waals surface area contributed by atoms with E-state index in [9.17, 15) is 4.39 Å². The van der Waals surface area contributed by atoms with Crippen LogP contribution in [0.4, 0.5) is 10.2 Å². The Balaban J connectivity index is 1.81. The second kappa shape index (κ2) is 6.69. The Labute approximate surface area is 161 Å². The third-order valence-electron chi connectivity index (χ3n) is 4.23. The molecule has 6 nitrogen and oxygen atoms in total. The molecular weight excluding hydrogens is 454 g/mol. The average molecular weight is 470 g/mol. The summed E-state index contributed by atoms with van der Waals surface area (Å²) in [5, 5.41) is 0. The highest BCUT2D eigenvalue weighted by Crippen LogP contribution is 2.34. The first-order chi connectivity index (χ1) is 12.1.